The maximum absolute atomic E-state index is 13.7. The molecular weight excluding hydrogens is 557 g/mol. The minimum Gasteiger partial charge on any atom is -0.444 e. The summed E-state index contributed by atoms with van der Waals surface area (Å²) in [5, 5.41) is 0. The van der Waals surface area contributed by atoms with Crippen LogP contribution in [0.4, 0.5) is 4.79 Å². The van der Waals surface area contributed by atoms with Crippen molar-refractivity contribution in [2.24, 2.45) is 16.7 Å². The fourth-order valence-corrected chi connectivity index (χ4v) is 7.19. The molecule has 2 aliphatic rings. The molecule has 1 aliphatic carbocycles. The fraction of sp³-hybridized carbons (Fsp3) is 0.667. The largest absolute Gasteiger partial charge is 0.457 e. The average Bonchev–Trinajstić information content (AvgIpc) is 3.50. The summed E-state index contributed by atoms with van der Waals surface area (Å²) in [5.41, 5.74) is 2.70. The van der Waals surface area contributed by atoms with Gasteiger partial charge in [-0.05, 0) is 114 Å². The van der Waals surface area contributed by atoms with Gasteiger partial charge in [0.05, 0.1) is 11.2 Å². The highest BCUT2D eigenvalue weighted by Crippen LogP contribution is 2.54. The van der Waals surface area contributed by atoms with Crippen LogP contribution in [-0.4, -0.2) is 41.0 Å². The van der Waals surface area contributed by atoms with Crippen molar-refractivity contribution >= 4 is 13.2 Å². The van der Waals surface area contributed by atoms with E-state index in [0.717, 1.165) is 50.4 Å². The second kappa shape index (κ2) is 13.4. The Bertz CT molecular complexity index is 1240. The average molecular weight is 618 g/mol. The molecule has 1 heterocycles. The van der Waals surface area contributed by atoms with E-state index in [-0.39, 0.29) is 41.3 Å². The molecule has 6 heteroatoms. The van der Waals surface area contributed by atoms with E-state index in [2.05, 4.69) is 104 Å². The first-order valence-electron chi connectivity index (χ1n) is 17.3. The van der Waals surface area contributed by atoms with Crippen LogP contribution in [-0.2, 0) is 20.6 Å². The first-order valence-corrected chi connectivity index (χ1v) is 17.3. The highest BCUT2D eigenvalue weighted by atomic mass is 16.7. The van der Waals surface area contributed by atoms with Gasteiger partial charge in [-0.3, -0.25) is 0 Å². The summed E-state index contributed by atoms with van der Waals surface area (Å²) in [4.78, 5) is 15.7. The zero-order chi connectivity index (χ0) is 33.3. The second-order valence-electron chi connectivity index (χ2n) is 16.9. The molecule has 2 aromatic carbocycles. The minimum atomic E-state index is -0.540. The van der Waals surface area contributed by atoms with Crippen molar-refractivity contribution in [3.63, 3.8) is 0 Å². The molecule has 248 valence electrons. The summed E-state index contributed by atoms with van der Waals surface area (Å²) in [6.45, 7) is 24.6. The summed E-state index contributed by atoms with van der Waals surface area (Å²) < 4.78 is 18.5. The molecule has 1 saturated heterocycles. The predicted molar refractivity (Wildman–Crippen MR) is 187 cm³/mol. The van der Waals surface area contributed by atoms with Crippen molar-refractivity contribution in [3.05, 3.63) is 60.2 Å². The molecule has 0 radical (unpaired) electrons. The van der Waals surface area contributed by atoms with Gasteiger partial charge >= 0.3 is 13.2 Å². The number of rotatable bonds is 10. The Hall–Kier alpha value is -2.31. The maximum Gasteiger partial charge on any atom is 0.457 e. The third-order valence-corrected chi connectivity index (χ3v) is 11.2. The van der Waals surface area contributed by atoms with Gasteiger partial charge < -0.3 is 18.9 Å². The molecule has 0 N–H and O–H groups in total. The molecule has 45 heavy (non-hydrogen) atoms. The second-order valence-corrected chi connectivity index (χ2v) is 16.9. The Balaban J connectivity index is 1.44. The SMILES string of the molecule is CC(C)(C)OC(=O)N(Cc1ccc(-c2ccccc2)cc1)[C@H]1CC[C@@H](C(C)(CCCCB2OC(C)(C)C(C)(C)O2)C(C)(C)C)C1. The molecular formula is C39H60BNO4. The van der Waals surface area contributed by atoms with Gasteiger partial charge in [0.25, 0.3) is 0 Å². The molecule has 5 nitrogen and oxygen atoms in total. The zero-order valence-corrected chi connectivity index (χ0v) is 30.2. The lowest BCUT2D eigenvalue weighted by molar-refractivity contribution is 0.00555. The Morgan fingerprint density at radius 3 is 1.98 bits per heavy atom. The first-order chi connectivity index (χ1) is 20.8. The van der Waals surface area contributed by atoms with Crippen LogP contribution >= 0.6 is 0 Å². The number of carbonyl (C=O) groups is 1. The highest BCUT2D eigenvalue weighted by molar-refractivity contribution is 6.45. The van der Waals surface area contributed by atoms with Crippen LogP contribution in [0.2, 0.25) is 6.32 Å². The summed E-state index contributed by atoms with van der Waals surface area (Å²) in [7, 11) is -0.129. The Labute approximate surface area is 274 Å². The zero-order valence-electron chi connectivity index (χ0n) is 30.2. The molecule has 0 aromatic heterocycles. The molecule has 1 amide bonds. The predicted octanol–water partition coefficient (Wildman–Crippen LogP) is 10.6. The fourth-order valence-electron chi connectivity index (χ4n) is 7.19. The van der Waals surface area contributed by atoms with E-state index >= 15 is 0 Å². The quantitative estimate of drug-likeness (QED) is 0.197. The molecule has 1 saturated carbocycles. The third kappa shape index (κ3) is 8.54. The van der Waals surface area contributed by atoms with Crippen molar-refractivity contribution in [2.75, 3.05) is 0 Å². The van der Waals surface area contributed by atoms with Crippen molar-refractivity contribution in [1.82, 2.24) is 4.90 Å². The molecule has 2 fully saturated rings. The van der Waals surface area contributed by atoms with Gasteiger partial charge in [0.1, 0.15) is 5.60 Å². The van der Waals surface area contributed by atoms with Gasteiger partial charge in [-0.1, -0.05) is 95.1 Å². The van der Waals surface area contributed by atoms with Crippen molar-refractivity contribution < 1.29 is 18.8 Å². The number of ether oxygens (including phenoxy) is 1. The van der Waals surface area contributed by atoms with Gasteiger partial charge in [-0.25, -0.2) is 4.79 Å². The summed E-state index contributed by atoms with van der Waals surface area (Å²) in [6.07, 6.45) is 7.24. The van der Waals surface area contributed by atoms with Crippen LogP contribution in [0, 0.1) is 16.7 Å². The Morgan fingerprint density at radius 1 is 0.844 bits per heavy atom. The summed E-state index contributed by atoms with van der Waals surface area (Å²) in [6, 6.07) is 19.2. The van der Waals surface area contributed by atoms with Crippen LogP contribution in [0.1, 0.15) is 120 Å². The Kier molecular flexibility index (Phi) is 10.6. The standard InChI is InChI=1S/C39H60BNO4/c1-35(2,3)39(11,25-15-16-26-40-44-37(7,8)38(9,10)45-40)32-23-24-33(27-32)41(34(42)43-36(4,5)6)28-29-19-21-31(22-20-29)30-17-13-12-14-18-30/h12-14,17-22,32-33H,15-16,23-28H2,1-11H3/t32-,33+,39?/m1/s1. The molecule has 0 bridgehead atoms. The van der Waals surface area contributed by atoms with Crippen LogP contribution in [0.3, 0.4) is 0 Å². The van der Waals surface area contributed by atoms with Gasteiger partial charge in [0, 0.05) is 12.6 Å². The van der Waals surface area contributed by atoms with E-state index in [0.29, 0.717) is 12.5 Å². The lowest BCUT2D eigenvalue weighted by Gasteiger charge is -2.47. The molecule has 1 aliphatic heterocycles. The number of unbranched alkanes of at least 4 members (excludes halogenated alkanes) is 1. The number of amides is 1. The van der Waals surface area contributed by atoms with Crippen molar-refractivity contribution in [3.8, 4) is 11.1 Å². The molecule has 3 atom stereocenters. The number of carbonyl (C=O) groups excluding carboxylic acids is 1. The van der Waals surface area contributed by atoms with Crippen LogP contribution in [0.15, 0.2) is 54.6 Å². The van der Waals surface area contributed by atoms with E-state index in [1.807, 2.05) is 31.7 Å². The smallest absolute Gasteiger partial charge is 0.444 e. The van der Waals surface area contributed by atoms with Gasteiger partial charge in [-0.2, -0.15) is 0 Å². The number of hydrogen-bond acceptors (Lipinski definition) is 4. The lowest BCUT2D eigenvalue weighted by atomic mass is 9.58. The van der Waals surface area contributed by atoms with E-state index < -0.39 is 5.60 Å². The van der Waals surface area contributed by atoms with Crippen molar-refractivity contribution in [1.29, 1.82) is 0 Å². The maximum atomic E-state index is 13.7. The number of benzene rings is 2. The molecule has 1 unspecified atom stereocenters. The molecule has 2 aromatic rings. The first kappa shape index (κ1) is 35.5. The van der Waals surface area contributed by atoms with Crippen molar-refractivity contribution in [2.45, 2.75) is 150 Å². The lowest BCUT2D eigenvalue weighted by Crippen LogP contribution is -2.43. The van der Waals surface area contributed by atoms with E-state index in [1.54, 1.807) is 0 Å². The number of hydrogen-bond donors (Lipinski definition) is 0. The van der Waals surface area contributed by atoms with Crippen LogP contribution in [0.5, 0.6) is 0 Å². The highest BCUT2D eigenvalue weighted by Gasteiger charge is 2.51. The van der Waals surface area contributed by atoms with Gasteiger partial charge in [0.2, 0.25) is 0 Å². The van der Waals surface area contributed by atoms with E-state index in [1.165, 1.54) is 11.1 Å². The van der Waals surface area contributed by atoms with Crippen LogP contribution < -0.4 is 0 Å². The van der Waals surface area contributed by atoms with E-state index in [9.17, 15) is 4.79 Å². The molecule has 4 rings (SSSR count). The third-order valence-electron chi connectivity index (χ3n) is 11.2. The van der Waals surface area contributed by atoms with E-state index in [4.69, 9.17) is 14.0 Å². The topological polar surface area (TPSA) is 48.0 Å². The number of nitrogens with zero attached hydrogens (tertiary/aromatic N) is 1. The normalized spacial score (nSPS) is 22.7. The Morgan fingerprint density at radius 2 is 1.42 bits per heavy atom. The molecule has 0 spiro atoms. The van der Waals surface area contributed by atoms with Gasteiger partial charge in [0.15, 0.2) is 0 Å². The summed E-state index contributed by atoms with van der Waals surface area (Å²) in [5.74, 6) is 0.532. The van der Waals surface area contributed by atoms with Crippen LogP contribution in [0.25, 0.3) is 11.1 Å². The minimum absolute atomic E-state index is 0.129. The monoisotopic (exact) mass is 617 g/mol. The summed E-state index contributed by atoms with van der Waals surface area (Å²) >= 11 is 0. The van der Waals surface area contributed by atoms with Gasteiger partial charge in [-0.15, -0.1) is 0 Å².